The first kappa shape index (κ1) is 15.2. The Balaban J connectivity index is 2.09. The second-order valence-corrected chi connectivity index (χ2v) is 5.74. The number of fused-ring (bicyclic) bond motifs is 1. The van der Waals surface area contributed by atoms with Crippen LogP contribution < -0.4 is 14.2 Å². The Morgan fingerprint density at radius 3 is 2.52 bits per heavy atom. The maximum atomic E-state index is 12.3. The Morgan fingerprint density at radius 1 is 1.13 bits per heavy atom. The normalized spacial score (nSPS) is 10.5. The monoisotopic (exact) mass is 327 g/mol. The number of rotatable bonds is 3. The molecule has 23 heavy (non-hydrogen) atoms. The predicted octanol–water partition coefficient (Wildman–Crippen LogP) is 3.26. The Bertz CT molecular complexity index is 931. The third-order valence-corrected chi connectivity index (χ3v) is 4.13. The summed E-state index contributed by atoms with van der Waals surface area (Å²) in [6.07, 6.45) is 0. The van der Waals surface area contributed by atoms with E-state index in [1.807, 2.05) is 0 Å². The van der Waals surface area contributed by atoms with Crippen molar-refractivity contribution in [1.82, 2.24) is 4.98 Å². The lowest BCUT2D eigenvalue weighted by molar-refractivity contribution is -0.131. The fraction of sp³-hybridized carbons (Fsp3) is 0.118. The first-order valence-corrected chi connectivity index (χ1v) is 7.67. The number of ether oxygens (including phenoxy) is 2. The van der Waals surface area contributed by atoms with Gasteiger partial charge < -0.3 is 9.47 Å². The minimum Gasteiger partial charge on any atom is -0.494 e. The second-order valence-electron chi connectivity index (χ2n) is 4.78. The van der Waals surface area contributed by atoms with E-state index >= 15 is 0 Å². The number of para-hydroxylation sites is 1. The fourth-order valence-corrected chi connectivity index (χ4v) is 3.03. The fourth-order valence-electron chi connectivity index (χ4n) is 2.19. The minimum atomic E-state index is -0.379. The summed E-state index contributed by atoms with van der Waals surface area (Å²) < 4.78 is 10.2. The molecule has 0 radical (unpaired) electrons. The van der Waals surface area contributed by atoms with Crippen LogP contribution in [0.3, 0.4) is 0 Å². The molecule has 3 rings (SSSR count). The molecule has 0 saturated heterocycles. The van der Waals surface area contributed by atoms with Crippen LogP contribution in [-0.4, -0.2) is 18.1 Å². The van der Waals surface area contributed by atoms with Crippen molar-refractivity contribution >= 4 is 28.2 Å². The number of hydrogen-bond acceptors (Lipinski definition) is 6. The van der Waals surface area contributed by atoms with E-state index in [-0.39, 0.29) is 10.7 Å². The maximum Gasteiger partial charge on any atom is 0.308 e. The van der Waals surface area contributed by atoms with Gasteiger partial charge in [-0.2, -0.15) is 0 Å². The van der Waals surface area contributed by atoms with Gasteiger partial charge in [0, 0.05) is 12.5 Å². The summed E-state index contributed by atoms with van der Waals surface area (Å²) in [6.45, 7) is 1.34. The highest BCUT2D eigenvalue weighted by atomic mass is 32.1. The van der Waals surface area contributed by atoms with Gasteiger partial charge in [-0.25, -0.2) is 4.98 Å². The molecular weight excluding hydrogens is 314 g/mol. The molecule has 116 valence electrons. The van der Waals surface area contributed by atoms with Crippen molar-refractivity contribution in [3.05, 3.63) is 52.0 Å². The van der Waals surface area contributed by atoms with Crippen LogP contribution in [0.15, 0.2) is 47.3 Å². The average molecular weight is 327 g/mol. The van der Waals surface area contributed by atoms with Crippen LogP contribution in [0.5, 0.6) is 11.5 Å². The van der Waals surface area contributed by atoms with Gasteiger partial charge in [0.2, 0.25) is 4.74 Å². The molecule has 1 heterocycles. The Hall–Kier alpha value is -2.73. The molecule has 5 nitrogen and oxygen atoms in total. The van der Waals surface area contributed by atoms with Gasteiger partial charge >= 0.3 is 5.97 Å². The van der Waals surface area contributed by atoms with E-state index in [1.165, 1.54) is 6.92 Å². The first-order chi connectivity index (χ1) is 11.1. The van der Waals surface area contributed by atoms with Crippen LogP contribution in [0, 0.1) is 0 Å². The number of benzene rings is 2. The first-order valence-electron chi connectivity index (χ1n) is 6.85. The van der Waals surface area contributed by atoms with Gasteiger partial charge in [-0.15, -0.1) is 0 Å². The van der Waals surface area contributed by atoms with Crippen molar-refractivity contribution in [1.29, 1.82) is 0 Å². The summed E-state index contributed by atoms with van der Waals surface area (Å²) in [5.41, 5.74) is 1.31. The van der Waals surface area contributed by atoms with Crippen molar-refractivity contribution in [2.24, 2.45) is 0 Å². The lowest BCUT2D eigenvalue weighted by Crippen LogP contribution is -2.01. The summed E-state index contributed by atoms with van der Waals surface area (Å²) in [6, 6.07) is 12.1. The number of esters is 1. The largest absolute Gasteiger partial charge is 0.494 e. The average Bonchev–Trinajstić information content (AvgIpc) is 2.54. The highest BCUT2D eigenvalue weighted by molar-refractivity contribution is 7.13. The van der Waals surface area contributed by atoms with Gasteiger partial charge in [0.05, 0.1) is 12.5 Å². The molecule has 0 atom stereocenters. The SMILES string of the molecule is COc1cccc2c(=O)sc(-c3ccc(OC(C)=O)cc3)nc12. The molecular formula is C17H13NO4S. The van der Waals surface area contributed by atoms with Crippen LogP contribution in [-0.2, 0) is 4.79 Å². The van der Waals surface area contributed by atoms with Crippen LogP contribution >= 0.6 is 11.3 Å². The van der Waals surface area contributed by atoms with Crippen molar-refractivity contribution < 1.29 is 14.3 Å². The molecule has 0 unspecified atom stereocenters. The van der Waals surface area contributed by atoms with Gasteiger partial charge in [0.25, 0.3) is 0 Å². The molecule has 0 aliphatic carbocycles. The molecule has 6 heteroatoms. The quantitative estimate of drug-likeness (QED) is 0.546. The second kappa shape index (κ2) is 6.18. The van der Waals surface area contributed by atoms with Crippen LogP contribution in [0.4, 0.5) is 0 Å². The predicted molar refractivity (Wildman–Crippen MR) is 89.2 cm³/mol. The molecule has 0 amide bonds. The number of methoxy groups -OCH3 is 1. The van der Waals surface area contributed by atoms with E-state index in [0.717, 1.165) is 16.9 Å². The molecule has 0 fully saturated rings. The summed E-state index contributed by atoms with van der Waals surface area (Å²) in [4.78, 5) is 27.8. The van der Waals surface area contributed by atoms with E-state index in [9.17, 15) is 9.59 Å². The van der Waals surface area contributed by atoms with E-state index in [4.69, 9.17) is 9.47 Å². The number of carbonyl (C=O) groups is 1. The molecule has 0 bridgehead atoms. The third kappa shape index (κ3) is 3.07. The van der Waals surface area contributed by atoms with Gasteiger partial charge in [-0.05, 0) is 36.4 Å². The van der Waals surface area contributed by atoms with Crippen molar-refractivity contribution in [2.75, 3.05) is 7.11 Å². The number of nitrogens with zero attached hydrogens (tertiary/aromatic N) is 1. The smallest absolute Gasteiger partial charge is 0.308 e. The molecule has 3 aromatic rings. The summed E-state index contributed by atoms with van der Waals surface area (Å²) in [5, 5.41) is 1.12. The van der Waals surface area contributed by atoms with Crippen molar-refractivity contribution in [2.45, 2.75) is 6.92 Å². The summed E-state index contributed by atoms with van der Waals surface area (Å²) in [7, 11) is 1.55. The zero-order chi connectivity index (χ0) is 16.4. The number of aromatic nitrogens is 1. The maximum absolute atomic E-state index is 12.3. The molecule has 0 spiro atoms. The third-order valence-electron chi connectivity index (χ3n) is 3.20. The highest BCUT2D eigenvalue weighted by Gasteiger charge is 2.11. The van der Waals surface area contributed by atoms with Crippen molar-refractivity contribution in [3.63, 3.8) is 0 Å². The molecule has 0 saturated carbocycles. The zero-order valence-corrected chi connectivity index (χ0v) is 13.3. The van der Waals surface area contributed by atoms with E-state index in [2.05, 4.69) is 4.98 Å². The molecule has 0 aliphatic rings. The van der Waals surface area contributed by atoms with Crippen LogP contribution in [0.25, 0.3) is 21.5 Å². The van der Waals surface area contributed by atoms with E-state index in [1.54, 1.807) is 49.6 Å². The lowest BCUT2D eigenvalue weighted by Gasteiger charge is -2.06. The Morgan fingerprint density at radius 2 is 1.87 bits per heavy atom. The van der Waals surface area contributed by atoms with Crippen LogP contribution in [0.1, 0.15) is 6.92 Å². The highest BCUT2D eigenvalue weighted by Crippen LogP contribution is 2.28. The molecule has 0 N–H and O–H groups in total. The molecule has 0 aliphatic heterocycles. The summed E-state index contributed by atoms with van der Waals surface area (Å²) >= 11 is 1.07. The van der Waals surface area contributed by atoms with Gasteiger partial charge in [-0.3, -0.25) is 9.59 Å². The molecule has 1 aromatic heterocycles. The molecule has 2 aromatic carbocycles. The van der Waals surface area contributed by atoms with Gasteiger partial charge in [0.15, 0.2) is 0 Å². The Labute approximate surface area is 136 Å². The van der Waals surface area contributed by atoms with E-state index < -0.39 is 0 Å². The zero-order valence-electron chi connectivity index (χ0n) is 12.5. The minimum absolute atomic E-state index is 0.0760. The van der Waals surface area contributed by atoms with Crippen molar-refractivity contribution in [3.8, 4) is 22.1 Å². The standard InChI is InChI=1S/C17H13NO4S/c1-10(19)22-12-8-6-11(7-9-12)16-18-15-13(17(20)23-16)4-3-5-14(15)21-2/h3-9H,1-2H3. The van der Waals surface area contributed by atoms with E-state index in [0.29, 0.717) is 27.4 Å². The Kier molecular flexibility index (Phi) is 4.08. The van der Waals surface area contributed by atoms with Gasteiger partial charge in [-0.1, -0.05) is 17.4 Å². The van der Waals surface area contributed by atoms with Gasteiger partial charge in [0.1, 0.15) is 22.0 Å². The number of carbonyl (C=O) groups excluding carboxylic acids is 1. The topological polar surface area (TPSA) is 65.5 Å². The number of hydrogen-bond donors (Lipinski definition) is 0. The summed E-state index contributed by atoms with van der Waals surface area (Å²) in [5.74, 6) is 0.633. The lowest BCUT2D eigenvalue weighted by atomic mass is 10.2. The van der Waals surface area contributed by atoms with Crippen LogP contribution in [0.2, 0.25) is 0 Å².